The van der Waals surface area contributed by atoms with Crippen LogP contribution in [0.1, 0.15) is 24.1 Å². The summed E-state index contributed by atoms with van der Waals surface area (Å²) in [6.07, 6.45) is 0. The van der Waals surface area contributed by atoms with Gasteiger partial charge in [-0.1, -0.05) is 23.7 Å². The van der Waals surface area contributed by atoms with E-state index in [2.05, 4.69) is 10.3 Å². The van der Waals surface area contributed by atoms with Crippen molar-refractivity contribution in [1.82, 2.24) is 5.32 Å². The van der Waals surface area contributed by atoms with Crippen molar-refractivity contribution in [2.45, 2.75) is 19.9 Å². The lowest BCUT2D eigenvalue weighted by Crippen LogP contribution is -2.27. The molecule has 0 saturated heterocycles. The van der Waals surface area contributed by atoms with Gasteiger partial charge in [-0.2, -0.15) is 0 Å². The third-order valence-electron chi connectivity index (χ3n) is 2.55. The predicted octanol–water partition coefficient (Wildman–Crippen LogP) is 2.21. The van der Waals surface area contributed by atoms with E-state index in [-0.39, 0.29) is 11.9 Å². The molecule has 1 atom stereocenters. The van der Waals surface area contributed by atoms with Crippen LogP contribution in [0.5, 0.6) is 0 Å². The van der Waals surface area contributed by atoms with Crippen LogP contribution < -0.4 is 5.32 Å². The van der Waals surface area contributed by atoms with E-state index in [1.165, 1.54) is 0 Å². The number of rotatable bonds is 2. The number of amidine groups is 1. The van der Waals surface area contributed by atoms with Gasteiger partial charge in [-0.3, -0.25) is 10.1 Å². The van der Waals surface area contributed by atoms with E-state index < -0.39 is 6.04 Å². The molecule has 2 rings (SSSR count). The fraction of sp³-hybridized carbons (Fsp3) is 0.333. The molecule has 1 aliphatic rings. The predicted molar refractivity (Wildman–Crippen MR) is 66.1 cm³/mol. The molecular formula is C12H13ClN2O2. The molecule has 0 radical (unpaired) electrons. The first-order chi connectivity index (χ1) is 8.13. The number of amides is 1. The smallest absolute Gasteiger partial charge is 0.292 e. The van der Waals surface area contributed by atoms with E-state index in [1.54, 1.807) is 6.07 Å². The Labute approximate surface area is 105 Å². The summed E-state index contributed by atoms with van der Waals surface area (Å²) >= 11 is 6.11. The molecule has 1 unspecified atom stereocenters. The van der Waals surface area contributed by atoms with Crippen LogP contribution in [0.2, 0.25) is 5.02 Å². The Morgan fingerprint density at radius 1 is 1.53 bits per heavy atom. The van der Waals surface area contributed by atoms with Crippen molar-refractivity contribution in [3.8, 4) is 0 Å². The number of carbonyl (C=O) groups is 1. The first kappa shape index (κ1) is 11.9. The molecule has 0 aromatic heterocycles. The maximum absolute atomic E-state index is 11.8. The molecule has 0 aliphatic carbocycles. The summed E-state index contributed by atoms with van der Waals surface area (Å²) in [5.74, 6) is -0.204. The Morgan fingerprint density at radius 3 is 2.94 bits per heavy atom. The fourth-order valence-electron chi connectivity index (χ4n) is 1.78. The van der Waals surface area contributed by atoms with Crippen LogP contribution in [0.15, 0.2) is 23.2 Å². The van der Waals surface area contributed by atoms with Gasteiger partial charge >= 0.3 is 0 Å². The average Bonchev–Trinajstić information content (AvgIpc) is 2.60. The average molecular weight is 253 g/mol. The molecule has 17 heavy (non-hydrogen) atoms. The number of carbonyl (C=O) groups excluding carboxylic acids is 1. The highest BCUT2D eigenvalue weighted by atomic mass is 35.5. The molecule has 1 aliphatic heterocycles. The molecule has 0 saturated carbocycles. The maximum Gasteiger partial charge on any atom is 0.292 e. The molecule has 0 spiro atoms. The van der Waals surface area contributed by atoms with Gasteiger partial charge in [0.1, 0.15) is 0 Å². The summed E-state index contributed by atoms with van der Waals surface area (Å²) in [5, 5.41) is 3.14. The van der Waals surface area contributed by atoms with Crippen LogP contribution in [-0.2, 0) is 9.53 Å². The number of halogens is 1. The van der Waals surface area contributed by atoms with Gasteiger partial charge in [0, 0.05) is 10.6 Å². The normalized spacial score (nSPS) is 18.9. The molecular weight excluding hydrogens is 240 g/mol. The highest BCUT2D eigenvalue weighted by molar-refractivity contribution is 6.32. The molecule has 0 fully saturated rings. The Bertz CT molecular complexity index is 465. The first-order valence-corrected chi connectivity index (χ1v) is 5.77. The van der Waals surface area contributed by atoms with Crippen molar-refractivity contribution in [1.29, 1.82) is 0 Å². The zero-order chi connectivity index (χ0) is 12.4. The minimum atomic E-state index is -0.606. The zero-order valence-corrected chi connectivity index (χ0v) is 10.4. The summed E-state index contributed by atoms with van der Waals surface area (Å²) in [6.45, 7) is 4.21. The minimum absolute atomic E-state index is 0.204. The number of nitrogens with one attached hydrogen (secondary N) is 1. The van der Waals surface area contributed by atoms with Crippen molar-refractivity contribution < 1.29 is 9.53 Å². The monoisotopic (exact) mass is 252 g/mol. The van der Waals surface area contributed by atoms with Crippen molar-refractivity contribution >= 4 is 23.5 Å². The lowest BCUT2D eigenvalue weighted by atomic mass is 10.0. The van der Waals surface area contributed by atoms with E-state index in [4.69, 9.17) is 16.3 Å². The summed E-state index contributed by atoms with van der Waals surface area (Å²) in [5.41, 5.74) is 1.68. The quantitative estimate of drug-likeness (QED) is 0.877. The number of benzene rings is 1. The van der Waals surface area contributed by atoms with Crippen LogP contribution in [0, 0.1) is 6.92 Å². The number of aryl methyl sites for hydroxylation is 1. The molecule has 5 heteroatoms. The lowest BCUT2D eigenvalue weighted by Gasteiger charge is -2.10. The Morgan fingerprint density at radius 2 is 2.29 bits per heavy atom. The second kappa shape index (κ2) is 4.75. The topological polar surface area (TPSA) is 50.7 Å². The first-order valence-electron chi connectivity index (χ1n) is 5.40. The number of nitrogens with zero attached hydrogens (tertiary/aromatic N) is 1. The lowest BCUT2D eigenvalue weighted by molar-refractivity contribution is -0.120. The zero-order valence-electron chi connectivity index (χ0n) is 9.66. The number of ether oxygens (including phenoxy) is 1. The number of hydrogen-bond donors (Lipinski definition) is 1. The number of hydrogen-bond acceptors (Lipinski definition) is 3. The Balaban J connectivity index is 2.37. The van der Waals surface area contributed by atoms with Crippen LogP contribution in [0.3, 0.4) is 0 Å². The largest absolute Gasteiger partial charge is 0.465 e. The van der Waals surface area contributed by atoms with Crippen molar-refractivity contribution in [3.05, 3.63) is 34.3 Å². The van der Waals surface area contributed by atoms with Gasteiger partial charge in [0.05, 0.1) is 6.61 Å². The van der Waals surface area contributed by atoms with Crippen LogP contribution in [0.25, 0.3) is 0 Å². The molecule has 0 bridgehead atoms. The molecule has 1 amide bonds. The van der Waals surface area contributed by atoms with E-state index in [1.807, 2.05) is 26.0 Å². The van der Waals surface area contributed by atoms with Crippen LogP contribution in [-0.4, -0.2) is 18.5 Å². The van der Waals surface area contributed by atoms with E-state index in [0.717, 1.165) is 11.1 Å². The molecule has 1 heterocycles. The Kier molecular flexibility index (Phi) is 3.33. The summed E-state index contributed by atoms with van der Waals surface area (Å²) < 4.78 is 5.18. The van der Waals surface area contributed by atoms with Gasteiger partial charge in [0.2, 0.25) is 0 Å². The molecule has 4 nitrogen and oxygen atoms in total. The van der Waals surface area contributed by atoms with E-state index in [9.17, 15) is 4.79 Å². The second-order valence-electron chi connectivity index (χ2n) is 3.73. The van der Waals surface area contributed by atoms with Crippen molar-refractivity contribution in [2.24, 2.45) is 4.99 Å². The standard InChI is InChI=1S/C12H13ClN2O2/c1-3-17-12-14-10(11(16)15-12)9-7(2)5-4-6-8(9)13/h4-6,10H,3H2,1-2H3,(H,14,15,16). The fourth-order valence-corrected chi connectivity index (χ4v) is 2.10. The highest BCUT2D eigenvalue weighted by Gasteiger charge is 2.31. The second-order valence-corrected chi connectivity index (χ2v) is 4.14. The van der Waals surface area contributed by atoms with Gasteiger partial charge < -0.3 is 4.74 Å². The highest BCUT2D eigenvalue weighted by Crippen LogP contribution is 2.31. The summed E-state index contributed by atoms with van der Waals surface area (Å²) in [4.78, 5) is 16.0. The van der Waals surface area contributed by atoms with Gasteiger partial charge in [-0.25, -0.2) is 4.99 Å². The van der Waals surface area contributed by atoms with Gasteiger partial charge in [0.25, 0.3) is 11.9 Å². The van der Waals surface area contributed by atoms with Crippen LogP contribution >= 0.6 is 11.6 Å². The van der Waals surface area contributed by atoms with Crippen molar-refractivity contribution in [3.63, 3.8) is 0 Å². The van der Waals surface area contributed by atoms with Crippen molar-refractivity contribution in [2.75, 3.05) is 6.61 Å². The maximum atomic E-state index is 11.8. The minimum Gasteiger partial charge on any atom is -0.465 e. The number of aliphatic imine (C=N–C) groups is 1. The van der Waals surface area contributed by atoms with Gasteiger partial charge in [0.15, 0.2) is 6.04 Å². The van der Waals surface area contributed by atoms with E-state index >= 15 is 0 Å². The molecule has 90 valence electrons. The summed E-state index contributed by atoms with van der Waals surface area (Å²) in [6, 6.07) is 5.17. The SMILES string of the molecule is CCOC1=NC(c2c(C)cccc2Cl)C(=O)N1. The third kappa shape index (κ3) is 2.26. The van der Waals surface area contributed by atoms with Crippen LogP contribution in [0.4, 0.5) is 0 Å². The third-order valence-corrected chi connectivity index (χ3v) is 2.88. The molecule has 1 N–H and O–H groups in total. The molecule has 1 aromatic rings. The molecule has 1 aromatic carbocycles. The van der Waals surface area contributed by atoms with Gasteiger partial charge in [-0.15, -0.1) is 0 Å². The van der Waals surface area contributed by atoms with Gasteiger partial charge in [-0.05, 0) is 25.5 Å². The Hall–Kier alpha value is -1.55. The summed E-state index contributed by atoms with van der Waals surface area (Å²) in [7, 11) is 0. The van der Waals surface area contributed by atoms with E-state index in [0.29, 0.717) is 11.6 Å².